The first-order chi connectivity index (χ1) is 13.9. The standard InChI is InChI=1S/C23H28O6/c1-4-5-6-7-8-9-10-11-16-27-23(26)15-13-20-12-14-21(28-18(2)24)22(17-20)29-19(3)25/h1,12-15,17H,5-11,16H2,2-3H3/b15-13+. The van der Waals surface area contributed by atoms with E-state index in [1.807, 2.05) is 0 Å². The molecule has 156 valence electrons. The van der Waals surface area contributed by atoms with E-state index < -0.39 is 17.9 Å². The predicted octanol–water partition coefficient (Wildman–Crippen LogP) is 4.46. The van der Waals surface area contributed by atoms with Crippen LogP contribution in [0, 0.1) is 12.3 Å². The average Bonchev–Trinajstić information content (AvgIpc) is 2.66. The highest BCUT2D eigenvalue weighted by Crippen LogP contribution is 2.29. The highest BCUT2D eigenvalue weighted by molar-refractivity contribution is 5.87. The summed E-state index contributed by atoms with van der Waals surface area (Å²) in [6.45, 7) is 2.87. The lowest BCUT2D eigenvalue weighted by atomic mass is 10.1. The summed E-state index contributed by atoms with van der Waals surface area (Å²) in [5.74, 6) is 1.34. The van der Waals surface area contributed by atoms with Crippen LogP contribution in [-0.2, 0) is 19.1 Å². The van der Waals surface area contributed by atoms with E-state index in [0.717, 1.165) is 44.9 Å². The number of hydrogen-bond acceptors (Lipinski definition) is 6. The van der Waals surface area contributed by atoms with Crippen molar-refractivity contribution in [1.82, 2.24) is 0 Å². The minimum Gasteiger partial charge on any atom is -0.463 e. The van der Waals surface area contributed by atoms with Crippen molar-refractivity contribution in [1.29, 1.82) is 0 Å². The molecule has 0 aromatic heterocycles. The molecule has 0 saturated carbocycles. The van der Waals surface area contributed by atoms with E-state index in [2.05, 4.69) is 5.92 Å². The van der Waals surface area contributed by atoms with Crippen molar-refractivity contribution >= 4 is 24.0 Å². The van der Waals surface area contributed by atoms with Crippen molar-refractivity contribution in [3.8, 4) is 23.8 Å². The fraction of sp³-hybridized carbons (Fsp3) is 0.435. The van der Waals surface area contributed by atoms with Crippen molar-refractivity contribution in [3.63, 3.8) is 0 Å². The number of hydrogen-bond donors (Lipinski definition) is 0. The van der Waals surface area contributed by atoms with Crippen molar-refractivity contribution in [2.45, 2.75) is 58.8 Å². The number of rotatable bonds is 12. The molecular weight excluding hydrogens is 372 g/mol. The van der Waals surface area contributed by atoms with Crippen LogP contribution in [0.25, 0.3) is 6.08 Å². The van der Waals surface area contributed by atoms with Crippen LogP contribution in [0.1, 0.15) is 64.4 Å². The van der Waals surface area contributed by atoms with E-state index in [-0.39, 0.29) is 11.5 Å². The Kier molecular flexibility index (Phi) is 11.6. The third-order valence-corrected chi connectivity index (χ3v) is 3.85. The van der Waals surface area contributed by atoms with Gasteiger partial charge in [0.2, 0.25) is 0 Å². The Hall–Kier alpha value is -3.07. The number of carbonyl (C=O) groups excluding carboxylic acids is 3. The second-order valence-corrected chi connectivity index (χ2v) is 6.47. The fourth-order valence-corrected chi connectivity index (χ4v) is 2.52. The summed E-state index contributed by atoms with van der Waals surface area (Å²) >= 11 is 0. The first-order valence-corrected chi connectivity index (χ1v) is 9.71. The van der Waals surface area contributed by atoms with Gasteiger partial charge in [-0.05, 0) is 36.6 Å². The quantitative estimate of drug-likeness (QED) is 0.169. The fourth-order valence-electron chi connectivity index (χ4n) is 2.52. The molecule has 0 fully saturated rings. The monoisotopic (exact) mass is 400 g/mol. The smallest absolute Gasteiger partial charge is 0.330 e. The molecule has 0 bridgehead atoms. The largest absolute Gasteiger partial charge is 0.463 e. The third-order valence-electron chi connectivity index (χ3n) is 3.85. The lowest BCUT2D eigenvalue weighted by molar-refractivity contribution is -0.138. The maximum atomic E-state index is 11.8. The van der Waals surface area contributed by atoms with Crippen LogP contribution in [0.2, 0.25) is 0 Å². The Bertz CT molecular complexity index is 757. The molecule has 0 aliphatic heterocycles. The minimum absolute atomic E-state index is 0.102. The Morgan fingerprint density at radius 2 is 1.55 bits per heavy atom. The zero-order chi connectivity index (χ0) is 21.5. The Morgan fingerprint density at radius 1 is 0.931 bits per heavy atom. The molecule has 6 nitrogen and oxygen atoms in total. The second-order valence-electron chi connectivity index (χ2n) is 6.47. The molecule has 29 heavy (non-hydrogen) atoms. The number of benzene rings is 1. The van der Waals surface area contributed by atoms with Crippen LogP contribution < -0.4 is 9.47 Å². The highest BCUT2D eigenvalue weighted by atomic mass is 16.6. The molecule has 0 atom stereocenters. The van der Waals surface area contributed by atoms with Crippen LogP contribution in [0.3, 0.4) is 0 Å². The summed E-state index contributed by atoms with van der Waals surface area (Å²) in [6, 6.07) is 4.63. The highest BCUT2D eigenvalue weighted by Gasteiger charge is 2.10. The molecule has 0 radical (unpaired) electrons. The van der Waals surface area contributed by atoms with E-state index in [9.17, 15) is 14.4 Å². The van der Waals surface area contributed by atoms with Gasteiger partial charge in [-0.2, -0.15) is 0 Å². The molecule has 0 aliphatic rings. The SMILES string of the molecule is C#CCCCCCCCCOC(=O)/C=C/c1ccc(OC(C)=O)c(OC(C)=O)c1. The first kappa shape index (κ1) is 24.0. The van der Waals surface area contributed by atoms with E-state index in [0.29, 0.717) is 12.2 Å². The van der Waals surface area contributed by atoms with E-state index in [1.165, 1.54) is 32.1 Å². The van der Waals surface area contributed by atoms with Gasteiger partial charge in [0.05, 0.1) is 6.61 Å². The molecule has 1 aromatic rings. The van der Waals surface area contributed by atoms with Gasteiger partial charge in [-0.25, -0.2) is 4.79 Å². The van der Waals surface area contributed by atoms with Crippen LogP contribution in [0.15, 0.2) is 24.3 Å². The van der Waals surface area contributed by atoms with Crippen molar-refractivity contribution < 1.29 is 28.6 Å². The maximum Gasteiger partial charge on any atom is 0.330 e. The normalized spacial score (nSPS) is 10.4. The van der Waals surface area contributed by atoms with Gasteiger partial charge in [-0.15, -0.1) is 12.3 Å². The van der Waals surface area contributed by atoms with E-state index in [1.54, 1.807) is 12.1 Å². The van der Waals surface area contributed by atoms with E-state index in [4.69, 9.17) is 20.6 Å². The van der Waals surface area contributed by atoms with Crippen molar-refractivity contribution in [2.24, 2.45) is 0 Å². The van der Waals surface area contributed by atoms with Crippen LogP contribution >= 0.6 is 0 Å². The predicted molar refractivity (Wildman–Crippen MR) is 110 cm³/mol. The molecule has 0 spiro atoms. The average molecular weight is 400 g/mol. The number of esters is 3. The molecule has 0 saturated heterocycles. The lowest BCUT2D eigenvalue weighted by Crippen LogP contribution is -2.07. The molecule has 0 amide bonds. The summed E-state index contributed by atoms with van der Waals surface area (Å²) < 4.78 is 15.2. The van der Waals surface area contributed by atoms with Crippen LogP contribution in [0.5, 0.6) is 11.5 Å². The molecular formula is C23H28O6. The molecule has 6 heteroatoms. The van der Waals surface area contributed by atoms with Crippen LogP contribution in [-0.4, -0.2) is 24.5 Å². The molecule has 0 unspecified atom stereocenters. The molecule has 0 aliphatic carbocycles. The molecule has 1 rings (SSSR count). The minimum atomic E-state index is -0.546. The van der Waals surface area contributed by atoms with Gasteiger partial charge in [0.25, 0.3) is 0 Å². The lowest BCUT2D eigenvalue weighted by Gasteiger charge is -2.09. The zero-order valence-corrected chi connectivity index (χ0v) is 17.1. The van der Waals surface area contributed by atoms with Crippen molar-refractivity contribution in [2.75, 3.05) is 6.61 Å². The summed E-state index contributed by atoms with van der Waals surface area (Å²) in [7, 11) is 0. The maximum absolute atomic E-state index is 11.8. The Balaban J connectivity index is 2.43. The number of ether oxygens (including phenoxy) is 3. The van der Waals surface area contributed by atoms with E-state index >= 15 is 0 Å². The summed E-state index contributed by atoms with van der Waals surface area (Å²) in [6.07, 6.45) is 15.2. The van der Waals surface area contributed by atoms with Crippen molar-refractivity contribution in [3.05, 3.63) is 29.8 Å². The molecule has 0 N–H and O–H groups in total. The Morgan fingerprint density at radius 3 is 2.21 bits per heavy atom. The molecule has 0 heterocycles. The first-order valence-electron chi connectivity index (χ1n) is 9.71. The summed E-state index contributed by atoms with van der Waals surface area (Å²) in [5.41, 5.74) is 0.598. The van der Waals surface area contributed by atoms with Gasteiger partial charge in [0.15, 0.2) is 11.5 Å². The van der Waals surface area contributed by atoms with Gasteiger partial charge in [0, 0.05) is 26.3 Å². The molecule has 1 aromatic carbocycles. The van der Waals surface area contributed by atoms with Crippen LogP contribution in [0.4, 0.5) is 0 Å². The number of terminal acetylenes is 1. The topological polar surface area (TPSA) is 78.9 Å². The van der Waals surface area contributed by atoms with Gasteiger partial charge in [-0.3, -0.25) is 9.59 Å². The summed E-state index contributed by atoms with van der Waals surface area (Å²) in [5, 5.41) is 0. The van der Waals surface area contributed by atoms with Gasteiger partial charge < -0.3 is 14.2 Å². The van der Waals surface area contributed by atoms with Gasteiger partial charge >= 0.3 is 17.9 Å². The Labute approximate surface area is 172 Å². The zero-order valence-electron chi connectivity index (χ0n) is 17.1. The third kappa shape index (κ3) is 11.4. The van der Waals surface area contributed by atoms with Gasteiger partial charge in [0.1, 0.15) is 0 Å². The summed E-state index contributed by atoms with van der Waals surface area (Å²) in [4.78, 5) is 34.2. The number of carbonyl (C=O) groups is 3. The number of unbranched alkanes of at least 4 members (excludes halogenated alkanes) is 6. The second kappa shape index (κ2) is 14.0. The van der Waals surface area contributed by atoms with Gasteiger partial charge in [-0.1, -0.05) is 31.7 Å².